The van der Waals surface area contributed by atoms with Crippen LogP contribution in [-0.2, 0) is 29.7 Å². The molecule has 2 saturated heterocycles. The highest BCUT2D eigenvalue weighted by Crippen LogP contribution is 2.28. The molecule has 352 valence electrons. The first-order valence-electron chi connectivity index (χ1n) is 20.1. The minimum Gasteiger partial charge on any atom is -0.379 e. The molecule has 0 unspecified atom stereocenters. The van der Waals surface area contributed by atoms with E-state index in [1.807, 2.05) is 0 Å². The van der Waals surface area contributed by atoms with Gasteiger partial charge < -0.3 is 38.4 Å². The van der Waals surface area contributed by atoms with E-state index in [1.165, 1.54) is 36.4 Å². The van der Waals surface area contributed by atoms with E-state index in [-0.39, 0.29) is 23.4 Å². The van der Waals surface area contributed by atoms with Crippen LogP contribution in [0.1, 0.15) is 0 Å². The van der Waals surface area contributed by atoms with Crippen molar-refractivity contribution in [2.45, 2.75) is 9.79 Å². The Morgan fingerprint density at radius 2 is 0.955 bits per heavy atom. The molecule has 20 nitrogen and oxygen atoms in total. The number of hydrogen-bond acceptors (Lipinski definition) is 14. The van der Waals surface area contributed by atoms with Crippen LogP contribution in [-0.4, -0.2) is 137 Å². The summed E-state index contributed by atoms with van der Waals surface area (Å²) in [5.41, 5.74) is 1.53. The first kappa shape index (κ1) is 47.4. The number of nitrogens with one attached hydrogen (secondary N) is 6. The molecule has 0 saturated carbocycles. The molecule has 0 radical (unpaired) electrons. The van der Waals surface area contributed by atoms with Crippen molar-refractivity contribution in [3.05, 3.63) is 96.1 Å². The number of morpholine rings is 2. The Labute approximate surface area is 374 Å². The topological polar surface area (TPSA) is 251 Å². The number of H-pyrrole nitrogens is 2. The molecule has 2 aliphatic heterocycles. The monoisotopic (exact) mass is 962 g/mol. The van der Waals surface area contributed by atoms with Gasteiger partial charge in [0.15, 0.2) is 9.79 Å². The molecule has 4 heterocycles. The Morgan fingerprint density at radius 1 is 0.591 bits per heavy atom. The van der Waals surface area contributed by atoms with Crippen LogP contribution in [0, 0.1) is 23.3 Å². The number of carbonyl (C=O) groups is 2. The fourth-order valence-electron chi connectivity index (χ4n) is 6.59. The fourth-order valence-corrected chi connectivity index (χ4v) is 8.70. The maximum Gasteiger partial charge on any atom is 0.345 e. The van der Waals surface area contributed by atoms with Gasteiger partial charge in [0, 0.05) is 64.5 Å². The number of benzene rings is 4. The van der Waals surface area contributed by atoms with Crippen molar-refractivity contribution in [1.29, 1.82) is 0 Å². The average Bonchev–Trinajstić information content (AvgIpc) is 3.86. The predicted molar refractivity (Wildman–Crippen MR) is 229 cm³/mol. The average molecular weight is 963 g/mol. The second-order valence-electron chi connectivity index (χ2n) is 14.4. The number of ether oxygens (including phenoxy) is 2. The SMILES string of the molecule is O=C(NCCN1CCOCC1)Nc1nc2ccc(OS(=O)(=O)c3c(F)cccc3F)cc2[nH]1.O=C(NCCN1CCOCC1)Nc1nc2ccc(OS(=O)(=O)c3c(F)cccc3F)cc2[nH]1. The van der Waals surface area contributed by atoms with E-state index in [0.717, 1.165) is 62.6 Å². The van der Waals surface area contributed by atoms with Gasteiger partial charge in [-0.05, 0) is 48.5 Å². The Bertz CT molecular complexity index is 2680. The molecular formula is C40H42F4N10O10S2. The highest BCUT2D eigenvalue weighted by atomic mass is 32.2. The Morgan fingerprint density at radius 3 is 1.32 bits per heavy atom. The summed E-state index contributed by atoms with van der Waals surface area (Å²) in [5, 5.41) is 10.6. The quantitative estimate of drug-likeness (QED) is 0.0664. The predicted octanol–water partition coefficient (Wildman–Crippen LogP) is 4.13. The Hall–Kier alpha value is -6.58. The van der Waals surface area contributed by atoms with E-state index in [2.05, 4.69) is 51.0 Å². The van der Waals surface area contributed by atoms with Crippen molar-refractivity contribution in [3.8, 4) is 11.5 Å². The highest BCUT2D eigenvalue weighted by molar-refractivity contribution is 7.87. The summed E-state index contributed by atoms with van der Waals surface area (Å²) in [6.45, 7) is 8.22. The molecule has 66 heavy (non-hydrogen) atoms. The Balaban J connectivity index is 0.000000196. The number of halogens is 4. The molecule has 0 spiro atoms. The van der Waals surface area contributed by atoms with Crippen LogP contribution in [0.2, 0.25) is 0 Å². The van der Waals surface area contributed by atoms with Gasteiger partial charge in [-0.15, -0.1) is 0 Å². The number of amides is 4. The van der Waals surface area contributed by atoms with Gasteiger partial charge in [0.05, 0.1) is 48.5 Å². The molecule has 4 aromatic carbocycles. The van der Waals surface area contributed by atoms with Gasteiger partial charge >= 0.3 is 32.3 Å². The van der Waals surface area contributed by atoms with Gasteiger partial charge in [0.2, 0.25) is 11.9 Å². The van der Waals surface area contributed by atoms with Gasteiger partial charge in [-0.3, -0.25) is 20.4 Å². The number of imidazole rings is 2. The first-order valence-corrected chi connectivity index (χ1v) is 22.9. The number of hydrogen-bond donors (Lipinski definition) is 6. The van der Waals surface area contributed by atoms with Crippen molar-refractivity contribution in [2.24, 2.45) is 0 Å². The van der Waals surface area contributed by atoms with E-state index in [9.17, 15) is 44.0 Å². The van der Waals surface area contributed by atoms with Crippen LogP contribution in [0.3, 0.4) is 0 Å². The van der Waals surface area contributed by atoms with Crippen molar-refractivity contribution in [1.82, 2.24) is 40.4 Å². The zero-order chi connectivity index (χ0) is 46.8. The summed E-state index contributed by atoms with van der Waals surface area (Å²) >= 11 is 0. The molecule has 6 aromatic rings. The number of aromatic amines is 2. The number of rotatable bonds is 14. The van der Waals surface area contributed by atoms with Crippen LogP contribution in [0.15, 0.2) is 82.6 Å². The van der Waals surface area contributed by atoms with Crippen LogP contribution >= 0.6 is 0 Å². The van der Waals surface area contributed by atoms with Crippen molar-refractivity contribution < 1.29 is 61.8 Å². The van der Waals surface area contributed by atoms with Gasteiger partial charge in [0.25, 0.3) is 0 Å². The van der Waals surface area contributed by atoms with Crippen molar-refractivity contribution in [2.75, 3.05) is 89.4 Å². The van der Waals surface area contributed by atoms with Crippen LogP contribution in [0.4, 0.5) is 39.0 Å². The zero-order valence-corrected chi connectivity index (χ0v) is 36.2. The summed E-state index contributed by atoms with van der Waals surface area (Å²) in [6, 6.07) is 12.5. The maximum absolute atomic E-state index is 13.9. The van der Waals surface area contributed by atoms with E-state index >= 15 is 0 Å². The minimum absolute atomic E-state index is 0.133. The van der Waals surface area contributed by atoms with E-state index < -0.39 is 65.4 Å². The first-order chi connectivity index (χ1) is 31.6. The second kappa shape index (κ2) is 21.2. The Kier molecular flexibility index (Phi) is 15.2. The second-order valence-corrected chi connectivity index (χ2v) is 17.3. The summed E-state index contributed by atoms with van der Waals surface area (Å²) < 4.78 is 125. The molecule has 2 aromatic heterocycles. The van der Waals surface area contributed by atoms with E-state index in [0.29, 0.717) is 74.7 Å². The van der Waals surface area contributed by atoms with Crippen molar-refractivity contribution >= 4 is 66.3 Å². The largest absolute Gasteiger partial charge is 0.379 e. The summed E-state index contributed by atoms with van der Waals surface area (Å²) in [7, 11) is -9.50. The lowest BCUT2D eigenvalue weighted by Crippen LogP contribution is -2.42. The molecule has 4 amide bonds. The lowest BCUT2D eigenvalue weighted by atomic mass is 10.3. The highest BCUT2D eigenvalue weighted by Gasteiger charge is 2.28. The lowest BCUT2D eigenvalue weighted by molar-refractivity contribution is 0.0387. The lowest BCUT2D eigenvalue weighted by Gasteiger charge is -2.26. The van der Waals surface area contributed by atoms with Gasteiger partial charge in [-0.25, -0.2) is 37.1 Å². The van der Waals surface area contributed by atoms with Crippen LogP contribution < -0.4 is 29.6 Å². The van der Waals surface area contributed by atoms with Gasteiger partial charge in [-0.1, -0.05) is 12.1 Å². The van der Waals surface area contributed by atoms with Gasteiger partial charge in [-0.2, -0.15) is 16.8 Å². The molecule has 0 aliphatic carbocycles. The number of anilines is 2. The van der Waals surface area contributed by atoms with Crippen molar-refractivity contribution in [3.63, 3.8) is 0 Å². The maximum atomic E-state index is 13.9. The van der Waals surface area contributed by atoms with Crippen LogP contribution in [0.5, 0.6) is 11.5 Å². The number of aromatic nitrogens is 4. The zero-order valence-electron chi connectivity index (χ0n) is 34.6. The molecular weight excluding hydrogens is 921 g/mol. The third-order valence-corrected chi connectivity index (χ3v) is 12.4. The standard InChI is InChI=1S/2C20H21F2N5O5S/c2*21-14-2-1-3-15(22)18(14)33(29,30)32-13-4-5-16-17(12-13)25-19(24-16)26-20(28)23-6-7-27-8-10-31-11-9-27/h2*1-5,12H,6-11H2,(H3,23,24,25,26,28). The normalized spacial score (nSPS) is 14.8. The van der Waals surface area contributed by atoms with E-state index in [4.69, 9.17) is 17.8 Å². The summed E-state index contributed by atoms with van der Waals surface area (Å²) in [6.07, 6.45) is 0. The molecule has 26 heteroatoms. The number of carbonyl (C=O) groups excluding carboxylic acids is 2. The molecule has 0 bridgehead atoms. The minimum atomic E-state index is -4.75. The molecule has 2 aliphatic rings. The van der Waals surface area contributed by atoms with E-state index in [1.54, 1.807) is 0 Å². The summed E-state index contributed by atoms with van der Waals surface area (Å²) in [5.74, 6) is -5.14. The number of fused-ring (bicyclic) bond motifs is 2. The number of nitrogens with zero attached hydrogens (tertiary/aromatic N) is 4. The fraction of sp³-hybridized carbons (Fsp3) is 0.300. The smallest absolute Gasteiger partial charge is 0.345 e. The van der Waals surface area contributed by atoms with Gasteiger partial charge in [0.1, 0.15) is 34.8 Å². The third kappa shape index (κ3) is 12.4. The number of urea groups is 2. The molecule has 6 N–H and O–H groups in total. The summed E-state index contributed by atoms with van der Waals surface area (Å²) in [4.78, 5) is 40.2. The van der Waals surface area contributed by atoms with Crippen LogP contribution in [0.25, 0.3) is 22.1 Å². The molecule has 8 rings (SSSR count). The molecule has 2 fully saturated rings. The molecule has 0 atom stereocenters. The third-order valence-electron chi connectivity index (χ3n) is 9.75.